The van der Waals surface area contributed by atoms with E-state index in [1.54, 1.807) is 0 Å². The second kappa shape index (κ2) is 6.16. The SMILES string of the molecule is Cc1ccc(C(=O)NCC2COC3(CCNCC3)C2)cc1. The Morgan fingerprint density at radius 2 is 2.05 bits per heavy atom. The maximum atomic E-state index is 12.1. The molecular formula is C17H24N2O2. The highest BCUT2D eigenvalue weighted by molar-refractivity contribution is 5.94. The van der Waals surface area contributed by atoms with E-state index in [4.69, 9.17) is 4.74 Å². The normalized spacial score (nSPS) is 24.1. The van der Waals surface area contributed by atoms with Gasteiger partial charge in [-0.05, 0) is 51.4 Å². The number of ether oxygens (including phenoxy) is 1. The zero-order valence-electron chi connectivity index (χ0n) is 12.7. The number of rotatable bonds is 3. The number of piperidine rings is 1. The molecule has 1 amide bonds. The van der Waals surface area contributed by atoms with Crippen molar-refractivity contribution < 1.29 is 9.53 Å². The van der Waals surface area contributed by atoms with Gasteiger partial charge in [-0.2, -0.15) is 0 Å². The molecule has 2 N–H and O–H groups in total. The lowest BCUT2D eigenvalue weighted by Gasteiger charge is -2.33. The van der Waals surface area contributed by atoms with Crippen molar-refractivity contribution in [2.75, 3.05) is 26.2 Å². The lowest BCUT2D eigenvalue weighted by atomic mass is 9.86. The van der Waals surface area contributed by atoms with E-state index in [1.807, 2.05) is 31.2 Å². The maximum absolute atomic E-state index is 12.1. The number of aryl methyl sites for hydroxylation is 1. The van der Waals surface area contributed by atoms with Crippen LogP contribution in [0.3, 0.4) is 0 Å². The summed E-state index contributed by atoms with van der Waals surface area (Å²) in [5.74, 6) is 0.457. The Bertz CT molecular complexity index is 492. The van der Waals surface area contributed by atoms with Gasteiger partial charge in [0.1, 0.15) is 0 Å². The molecule has 1 spiro atoms. The Balaban J connectivity index is 1.49. The van der Waals surface area contributed by atoms with Crippen LogP contribution in [0, 0.1) is 12.8 Å². The van der Waals surface area contributed by atoms with Crippen LogP contribution in [0.4, 0.5) is 0 Å². The minimum Gasteiger partial charge on any atom is -0.375 e. The molecule has 4 heteroatoms. The number of hydrogen-bond acceptors (Lipinski definition) is 3. The molecule has 0 aromatic heterocycles. The second-order valence-electron chi connectivity index (χ2n) is 6.39. The van der Waals surface area contributed by atoms with E-state index < -0.39 is 0 Å². The molecule has 2 aliphatic heterocycles. The Morgan fingerprint density at radius 3 is 2.76 bits per heavy atom. The number of nitrogens with one attached hydrogen (secondary N) is 2. The molecule has 2 fully saturated rings. The van der Waals surface area contributed by atoms with Gasteiger partial charge in [-0.15, -0.1) is 0 Å². The van der Waals surface area contributed by atoms with Crippen LogP contribution in [0.5, 0.6) is 0 Å². The summed E-state index contributed by atoms with van der Waals surface area (Å²) >= 11 is 0. The number of amides is 1. The maximum Gasteiger partial charge on any atom is 0.251 e. The summed E-state index contributed by atoms with van der Waals surface area (Å²) in [5, 5.41) is 6.43. The number of carbonyl (C=O) groups is 1. The molecule has 1 aromatic rings. The zero-order chi connectivity index (χ0) is 14.7. The number of hydrogen-bond donors (Lipinski definition) is 2. The predicted octanol–water partition coefficient (Wildman–Crippen LogP) is 1.88. The van der Waals surface area contributed by atoms with Crippen LogP contribution in [-0.2, 0) is 4.74 Å². The van der Waals surface area contributed by atoms with Crippen molar-refractivity contribution >= 4 is 5.91 Å². The molecule has 3 rings (SSSR count). The van der Waals surface area contributed by atoms with Crippen molar-refractivity contribution in [3.05, 3.63) is 35.4 Å². The van der Waals surface area contributed by atoms with Gasteiger partial charge in [0.15, 0.2) is 0 Å². The first-order valence-corrected chi connectivity index (χ1v) is 7.86. The summed E-state index contributed by atoms with van der Waals surface area (Å²) in [6, 6.07) is 7.70. The van der Waals surface area contributed by atoms with Crippen LogP contribution in [-0.4, -0.2) is 37.7 Å². The Labute approximate surface area is 126 Å². The van der Waals surface area contributed by atoms with Crippen molar-refractivity contribution in [3.8, 4) is 0 Å². The van der Waals surface area contributed by atoms with Gasteiger partial charge in [0.25, 0.3) is 5.91 Å². The topological polar surface area (TPSA) is 50.4 Å². The summed E-state index contributed by atoms with van der Waals surface area (Å²) in [4.78, 5) is 12.1. The van der Waals surface area contributed by atoms with E-state index >= 15 is 0 Å². The summed E-state index contributed by atoms with van der Waals surface area (Å²) in [6.07, 6.45) is 3.26. The number of benzene rings is 1. The highest BCUT2D eigenvalue weighted by Crippen LogP contribution is 2.36. The van der Waals surface area contributed by atoms with Crippen LogP contribution in [0.2, 0.25) is 0 Å². The molecule has 2 heterocycles. The molecule has 0 aliphatic carbocycles. The van der Waals surface area contributed by atoms with Crippen molar-refractivity contribution in [1.82, 2.24) is 10.6 Å². The first-order valence-electron chi connectivity index (χ1n) is 7.86. The van der Waals surface area contributed by atoms with Gasteiger partial charge in [0.2, 0.25) is 0 Å². The second-order valence-corrected chi connectivity index (χ2v) is 6.39. The Kier molecular flexibility index (Phi) is 4.27. The molecule has 114 valence electrons. The van der Waals surface area contributed by atoms with Crippen molar-refractivity contribution in [3.63, 3.8) is 0 Å². The van der Waals surface area contributed by atoms with Gasteiger partial charge < -0.3 is 15.4 Å². The first-order chi connectivity index (χ1) is 10.2. The van der Waals surface area contributed by atoms with Gasteiger partial charge in [-0.25, -0.2) is 0 Å². The summed E-state index contributed by atoms with van der Waals surface area (Å²) < 4.78 is 6.06. The fourth-order valence-corrected chi connectivity index (χ4v) is 3.34. The molecule has 2 aliphatic rings. The van der Waals surface area contributed by atoms with Crippen LogP contribution in [0.1, 0.15) is 35.2 Å². The fourth-order valence-electron chi connectivity index (χ4n) is 3.34. The molecule has 1 unspecified atom stereocenters. The van der Waals surface area contributed by atoms with Gasteiger partial charge >= 0.3 is 0 Å². The van der Waals surface area contributed by atoms with E-state index in [2.05, 4.69) is 10.6 Å². The molecule has 1 atom stereocenters. The lowest BCUT2D eigenvalue weighted by molar-refractivity contribution is -0.0196. The zero-order valence-corrected chi connectivity index (χ0v) is 12.7. The average molecular weight is 288 g/mol. The Morgan fingerprint density at radius 1 is 1.33 bits per heavy atom. The average Bonchev–Trinajstić information content (AvgIpc) is 2.89. The van der Waals surface area contributed by atoms with Gasteiger partial charge in [-0.1, -0.05) is 17.7 Å². The van der Waals surface area contributed by atoms with Crippen molar-refractivity contribution in [2.24, 2.45) is 5.92 Å². The summed E-state index contributed by atoms with van der Waals surface area (Å²) in [7, 11) is 0. The van der Waals surface area contributed by atoms with Gasteiger partial charge in [-0.3, -0.25) is 4.79 Å². The van der Waals surface area contributed by atoms with Gasteiger partial charge in [0, 0.05) is 18.0 Å². The van der Waals surface area contributed by atoms with E-state index in [9.17, 15) is 4.79 Å². The van der Waals surface area contributed by atoms with E-state index in [0.29, 0.717) is 12.5 Å². The van der Waals surface area contributed by atoms with Crippen LogP contribution in [0.25, 0.3) is 0 Å². The molecule has 0 bridgehead atoms. The third kappa shape index (κ3) is 3.44. The largest absolute Gasteiger partial charge is 0.375 e. The molecule has 0 radical (unpaired) electrons. The van der Waals surface area contributed by atoms with E-state index in [0.717, 1.165) is 44.5 Å². The highest BCUT2D eigenvalue weighted by atomic mass is 16.5. The minimum absolute atomic E-state index is 0.0151. The predicted molar refractivity (Wildman–Crippen MR) is 82.4 cm³/mol. The first kappa shape index (κ1) is 14.5. The third-order valence-electron chi connectivity index (χ3n) is 4.67. The van der Waals surface area contributed by atoms with Crippen molar-refractivity contribution in [2.45, 2.75) is 31.8 Å². The standard InChI is InChI=1S/C17H24N2O2/c1-13-2-4-15(5-3-13)16(20)19-11-14-10-17(21-12-14)6-8-18-9-7-17/h2-5,14,18H,6-12H2,1H3,(H,19,20). The van der Waals surface area contributed by atoms with Gasteiger partial charge in [0.05, 0.1) is 12.2 Å². The van der Waals surface area contributed by atoms with Crippen LogP contribution in [0.15, 0.2) is 24.3 Å². The summed E-state index contributed by atoms with van der Waals surface area (Å²) in [5.41, 5.74) is 1.98. The van der Waals surface area contributed by atoms with E-state index in [1.165, 1.54) is 5.56 Å². The molecule has 4 nitrogen and oxygen atoms in total. The number of carbonyl (C=O) groups excluding carboxylic acids is 1. The fraction of sp³-hybridized carbons (Fsp3) is 0.588. The van der Waals surface area contributed by atoms with Crippen LogP contribution < -0.4 is 10.6 Å². The highest BCUT2D eigenvalue weighted by Gasteiger charge is 2.40. The molecular weight excluding hydrogens is 264 g/mol. The van der Waals surface area contributed by atoms with Crippen molar-refractivity contribution in [1.29, 1.82) is 0 Å². The smallest absolute Gasteiger partial charge is 0.251 e. The van der Waals surface area contributed by atoms with Crippen LogP contribution >= 0.6 is 0 Å². The molecule has 0 saturated carbocycles. The molecule has 2 saturated heterocycles. The quantitative estimate of drug-likeness (QED) is 0.893. The third-order valence-corrected chi connectivity index (χ3v) is 4.67. The Hall–Kier alpha value is -1.39. The monoisotopic (exact) mass is 288 g/mol. The van der Waals surface area contributed by atoms with E-state index in [-0.39, 0.29) is 11.5 Å². The molecule has 21 heavy (non-hydrogen) atoms. The lowest BCUT2D eigenvalue weighted by Crippen LogP contribution is -2.41. The summed E-state index contributed by atoms with van der Waals surface area (Å²) in [6.45, 7) is 5.59. The minimum atomic E-state index is 0.0151. The molecule has 1 aromatic carbocycles.